The Morgan fingerprint density at radius 2 is 2.17 bits per heavy atom. The van der Waals surface area contributed by atoms with E-state index in [9.17, 15) is 18.7 Å². The van der Waals surface area contributed by atoms with E-state index in [1.54, 1.807) is 30.9 Å². The Hall–Kier alpha value is -1.89. The van der Waals surface area contributed by atoms with E-state index >= 15 is 0 Å². The molecule has 7 heteroatoms. The van der Waals surface area contributed by atoms with Gasteiger partial charge in [0.1, 0.15) is 5.75 Å². The Kier molecular flexibility index (Phi) is 6.36. The van der Waals surface area contributed by atoms with E-state index in [-0.39, 0.29) is 23.7 Å². The number of halogens is 2. The zero-order chi connectivity index (χ0) is 17.7. The van der Waals surface area contributed by atoms with Crippen molar-refractivity contribution in [1.29, 1.82) is 0 Å². The molecule has 1 aromatic carbocycles. The van der Waals surface area contributed by atoms with Gasteiger partial charge in [0.05, 0.1) is 12.1 Å². The smallest absolute Gasteiger partial charge is 0.387 e. The number of hydrogen-bond donors (Lipinski definition) is 2. The highest BCUT2D eigenvalue weighted by molar-refractivity contribution is 5.74. The van der Waals surface area contributed by atoms with Crippen LogP contribution in [0.25, 0.3) is 0 Å². The molecule has 1 fully saturated rings. The molecule has 2 amide bonds. The van der Waals surface area contributed by atoms with Gasteiger partial charge in [-0.2, -0.15) is 8.78 Å². The Labute approximate surface area is 140 Å². The number of urea groups is 1. The molecule has 3 unspecified atom stereocenters. The fourth-order valence-electron chi connectivity index (χ4n) is 2.91. The van der Waals surface area contributed by atoms with Crippen LogP contribution in [0.15, 0.2) is 24.3 Å². The first-order valence-corrected chi connectivity index (χ1v) is 8.15. The zero-order valence-electron chi connectivity index (χ0n) is 13.9. The normalized spacial score (nSPS) is 20.6. The first-order chi connectivity index (χ1) is 11.4. The van der Waals surface area contributed by atoms with E-state index in [0.29, 0.717) is 18.7 Å². The van der Waals surface area contributed by atoms with Crippen LogP contribution in [0.4, 0.5) is 13.6 Å². The third-order valence-electron chi connectivity index (χ3n) is 4.35. The summed E-state index contributed by atoms with van der Waals surface area (Å²) in [6.07, 6.45) is 1.32. The number of ether oxygens (including phenoxy) is 1. The van der Waals surface area contributed by atoms with Crippen LogP contribution < -0.4 is 10.1 Å². The summed E-state index contributed by atoms with van der Waals surface area (Å²) in [5.74, 6) is 0.151. The first-order valence-electron chi connectivity index (χ1n) is 8.15. The van der Waals surface area contributed by atoms with E-state index in [1.807, 2.05) is 0 Å². The molecule has 0 bridgehead atoms. The summed E-state index contributed by atoms with van der Waals surface area (Å²) in [5, 5.41) is 12.6. The van der Waals surface area contributed by atoms with Gasteiger partial charge in [-0.15, -0.1) is 0 Å². The van der Waals surface area contributed by atoms with E-state index in [1.165, 1.54) is 12.1 Å². The van der Waals surface area contributed by atoms with Gasteiger partial charge < -0.3 is 20.1 Å². The topological polar surface area (TPSA) is 61.8 Å². The Morgan fingerprint density at radius 3 is 2.83 bits per heavy atom. The molecule has 2 rings (SSSR count). The molecule has 134 valence electrons. The Balaban J connectivity index is 1.96. The number of carbonyl (C=O) groups excluding carboxylic acids is 1. The van der Waals surface area contributed by atoms with E-state index < -0.39 is 12.7 Å². The van der Waals surface area contributed by atoms with Crippen molar-refractivity contribution in [2.45, 2.75) is 45.4 Å². The fourth-order valence-corrected chi connectivity index (χ4v) is 2.91. The van der Waals surface area contributed by atoms with Crippen LogP contribution in [0.5, 0.6) is 5.75 Å². The summed E-state index contributed by atoms with van der Waals surface area (Å²) >= 11 is 0. The van der Waals surface area contributed by atoms with Crippen molar-refractivity contribution in [3.63, 3.8) is 0 Å². The molecule has 1 heterocycles. The quantitative estimate of drug-likeness (QED) is 0.864. The number of hydrogen-bond acceptors (Lipinski definition) is 3. The number of piperidine rings is 1. The monoisotopic (exact) mass is 342 g/mol. The summed E-state index contributed by atoms with van der Waals surface area (Å²) in [6, 6.07) is 5.74. The second-order valence-electron chi connectivity index (χ2n) is 6.21. The molecule has 1 saturated heterocycles. The maximum atomic E-state index is 12.4. The first kappa shape index (κ1) is 18.4. The second-order valence-corrected chi connectivity index (χ2v) is 6.21. The van der Waals surface area contributed by atoms with Gasteiger partial charge in [0.15, 0.2) is 0 Å². The van der Waals surface area contributed by atoms with Crippen LogP contribution in [0, 0.1) is 5.92 Å². The van der Waals surface area contributed by atoms with Gasteiger partial charge in [-0.3, -0.25) is 0 Å². The van der Waals surface area contributed by atoms with Crippen molar-refractivity contribution in [1.82, 2.24) is 10.2 Å². The minimum atomic E-state index is -2.88. The standard InChI is InChI=1S/C17H24F2N2O3/c1-11(13-5-3-7-15(9-13)24-16(18)19)20-17(23)21-8-4-6-14(10-21)12(2)22/h3,5,7,9,11-12,14,16,22H,4,6,8,10H2,1-2H3,(H,20,23). The largest absolute Gasteiger partial charge is 0.435 e. The van der Waals surface area contributed by atoms with Crippen molar-refractivity contribution >= 4 is 6.03 Å². The highest BCUT2D eigenvalue weighted by atomic mass is 19.3. The molecular weight excluding hydrogens is 318 g/mol. The molecule has 5 nitrogen and oxygen atoms in total. The fraction of sp³-hybridized carbons (Fsp3) is 0.588. The van der Waals surface area contributed by atoms with Crippen molar-refractivity contribution < 1.29 is 23.4 Å². The number of aliphatic hydroxyl groups is 1. The summed E-state index contributed by atoms with van der Waals surface area (Å²) in [5.41, 5.74) is 0.686. The summed E-state index contributed by atoms with van der Waals surface area (Å²) in [6.45, 7) is 1.82. The average Bonchev–Trinajstić information content (AvgIpc) is 2.54. The molecule has 0 spiro atoms. The van der Waals surface area contributed by atoms with Crippen molar-refractivity contribution in [2.24, 2.45) is 5.92 Å². The predicted octanol–water partition coefficient (Wildman–Crippen LogP) is 3.15. The zero-order valence-corrected chi connectivity index (χ0v) is 13.9. The minimum Gasteiger partial charge on any atom is -0.435 e. The third-order valence-corrected chi connectivity index (χ3v) is 4.35. The minimum absolute atomic E-state index is 0.0655. The van der Waals surface area contributed by atoms with Gasteiger partial charge in [-0.25, -0.2) is 4.79 Å². The summed E-state index contributed by atoms with van der Waals surface area (Å²) < 4.78 is 29.0. The SMILES string of the molecule is CC(NC(=O)N1CCCC(C(C)O)C1)c1cccc(OC(F)F)c1. The van der Waals surface area contributed by atoms with E-state index in [2.05, 4.69) is 10.1 Å². The van der Waals surface area contributed by atoms with Gasteiger partial charge in [-0.05, 0) is 44.4 Å². The number of aliphatic hydroxyl groups excluding tert-OH is 1. The maximum absolute atomic E-state index is 12.4. The van der Waals surface area contributed by atoms with Crippen LogP contribution in [0.1, 0.15) is 38.3 Å². The molecule has 0 radical (unpaired) electrons. The Morgan fingerprint density at radius 1 is 1.42 bits per heavy atom. The molecule has 2 N–H and O–H groups in total. The number of rotatable bonds is 5. The number of likely N-dealkylation sites (tertiary alicyclic amines) is 1. The van der Waals surface area contributed by atoms with Crippen LogP contribution >= 0.6 is 0 Å². The van der Waals surface area contributed by atoms with Crippen LogP contribution in [0.3, 0.4) is 0 Å². The summed E-state index contributed by atoms with van der Waals surface area (Å²) in [7, 11) is 0. The van der Waals surface area contributed by atoms with E-state index in [4.69, 9.17) is 0 Å². The van der Waals surface area contributed by atoms with Crippen molar-refractivity contribution in [2.75, 3.05) is 13.1 Å². The Bertz CT molecular complexity index is 554. The molecule has 1 aliphatic rings. The molecule has 1 aliphatic heterocycles. The van der Waals surface area contributed by atoms with Gasteiger partial charge in [0.25, 0.3) is 0 Å². The molecule has 0 aliphatic carbocycles. The van der Waals surface area contributed by atoms with Gasteiger partial charge in [0, 0.05) is 19.0 Å². The maximum Gasteiger partial charge on any atom is 0.387 e. The highest BCUT2D eigenvalue weighted by Crippen LogP contribution is 2.23. The number of benzene rings is 1. The van der Waals surface area contributed by atoms with Gasteiger partial charge in [-0.1, -0.05) is 12.1 Å². The lowest BCUT2D eigenvalue weighted by molar-refractivity contribution is -0.0499. The lowest BCUT2D eigenvalue weighted by Gasteiger charge is -2.34. The second kappa shape index (κ2) is 8.28. The third kappa shape index (κ3) is 5.06. The number of amides is 2. The number of nitrogens with one attached hydrogen (secondary N) is 1. The number of alkyl halides is 2. The predicted molar refractivity (Wildman–Crippen MR) is 86.0 cm³/mol. The van der Waals surface area contributed by atoms with Crippen LogP contribution in [-0.2, 0) is 0 Å². The molecule has 24 heavy (non-hydrogen) atoms. The molecule has 1 aromatic rings. The lowest BCUT2D eigenvalue weighted by Crippen LogP contribution is -2.47. The van der Waals surface area contributed by atoms with E-state index in [0.717, 1.165) is 12.8 Å². The van der Waals surface area contributed by atoms with Crippen LogP contribution in [-0.4, -0.2) is 41.8 Å². The van der Waals surface area contributed by atoms with Gasteiger partial charge >= 0.3 is 12.6 Å². The van der Waals surface area contributed by atoms with Gasteiger partial charge in [0.2, 0.25) is 0 Å². The molecule has 0 saturated carbocycles. The summed E-state index contributed by atoms with van der Waals surface area (Å²) in [4.78, 5) is 14.1. The molecule has 3 atom stereocenters. The molecular formula is C17H24F2N2O3. The van der Waals surface area contributed by atoms with Crippen LogP contribution in [0.2, 0.25) is 0 Å². The number of carbonyl (C=O) groups is 1. The number of nitrogens with zero attached hydrogens (tertiary/aromatic N) is 1. The van der Waals surface area contributed by atoms with Crippen molar-refractivity contribution in [3.8, 4) is 5.75 Å². The highest BCUT2D eigenvalue weighted by Gasteiger charge is 2.27. The molecule has 0 aromatic heterocycles. The average molecular weight is 342 g/mol. The van der Waals surface area contributed by atoms with Crippen molar-refractivity contribution in [3.05, 3.63) is 29.8 Å². The lowest BCUT2D eigenvalue weighted by atomic mass is 9.94.